The lowest BCUT2D eigenvalue weighted by atomic mass is 9.70. The van der Waals surface area contributed by atoms with Gasteiger partial charge >= 0.3 is 5.97 Å². The van der Waals surface area contributed by atoms with Gasteiger partial charge in [0.05, 0.1) is 44.3 Å². The van der Waals surface area contributed by atoms with E-state index in [-0.39, 0.29) is 25.0 Å². The Hall–Kier alpha value is -2.65. The summed E-state index contributed by atoms with van der Waals surface area (Å²) in [6.45, 7) is 5.64. The average molecular weight is 475 g/mol. The fourth-order valence-electron chi connectivity index (χ4n) is 6.00. The lowest BCUT2D eigenvalue weighted by molar-refractivity contribution is -0.155. The zero-order chi connectivity index (χ0) is 24.6. The predicted molar refractivity (Wildman–Crippen MR) is 123 cm³/mol. The van der Waals surface area contributed by atoms with Gasteiger partial charge in [-0.05, 0) is 56.4 Å². The van der Waals surface area contributed by atoms with E-state index in [0.717, 1.165) is 0 Å². The molecule has 1 spiro atoms. The molecule has 9 nitrogen and oxygen atoms in total. The minimum atomic E-state index is -1.12. The highest BCUT2D eigenvalue weighted by molar-refractivity contribution is 6.03. The Kier molecular flexibility index (Phi) is 6.87. The molecule has 1 aromatic carbocycles. The number of aliphatic hydroxyl groups excluding tert-OH is 1. The zero-order valence-electron chi connectivity index (χ0n) is 20.2. The first-order valence-corrected chi connectivity index (χ1v) is 12.0. The molecule has 3 saturated heterocycles. The van der Waals surface area contributed by atoms with Crippen LogP contribution in [0.2, 0.25) is 0 Å². The fourth-order valence-corrected chi connectivity index (χ4v) is 6.00. The smallest absolute Gasteiger partial charge is 0.312 e. The summed E-state index contributed by atoms with van der Waals surface area (Å²) in [7, 11) is 1.56. The van der Waals surface area contributed by atoms with Crippen molar-refractivity contribution in [2.45, 2.75) is 63.8 Å². The van der Waals surface area contributed by atoms with Crippen LogP contribution in [0.15, 0.2) is 24.3 Å². The lowest BCUT2D eigenvalue weighted by Gasteiger charge is -2.37. The SMILES string of the molecule is CCOC(=O)[C@@H]1[C@H]2C(=O)N([C@@H](CO)CC(C)C)C(C(=O)Nc3ccc(OC)cc3)C23CC[C@H]1O3. The maximum absolute atomic E-state index is 13.9. The number of esters is 1. The predicted octanol–water partition coefficient (Wildman–Crippen LogP) is 1.98. The number of hydrogen-bond donors (Lipinski definition) is 2. The topological polar surface area (TPSA) is 114 Å². The molecule has 3 aliphatic heterocycles. The number of benzene rings is 1. The summed E-state index contributed by atoms with van der Waals surface area (Å²) < 4.78 is 16.8. The van der Waals surface area contributed by atoms with Gasteiger partial charge in [0.1, 0.15) is 17.4 Å². The normalized spacial score (nSPS) is 30.4. The van der Waals surface area contributed by atoms with Crippen molar-refractivity contribution in [3.63, 3.8) is 0 Å². The Morgan fingerprint density at radius 3 is 2.59 bits per heavy atom. The van der Waals surface area contributed by atoms with Crippen molar-refractivity contribution in [2.24, 2.45) is 17.8 Å². The number of amides is 2. The van der Waals surface area contributed by atoms with Gasteiger partial charge in [0.15, 0.2) is 0 Å². The molecular weight excluding hydrogens is 440 g/mol. The number of likely N-dealkylation sites (tertiary alicyclic amines) is 1. The number of aliphatic hydroxyl groups is 1. The molecule has 0 aromatic heterocycles. The maximum atomic E-state index is 13.9. The van der Waals surface area contributed by atoms with Crippen molar-refractivity contribution in [1.29, 1.82) is 0 Å². The summed E-state index contributed by atoms with van der Waals surface area (Å²) >= 11 is 0. The molecule has 6 atom stereocenters. The van der Waals surface area contributed by atoms with E-state index in [1.807, 2.05) is 13.8 Å². The summed E-state index contributed by atoms with van der Waals surface area (Å²) in [5.41, 5.74) is -0.572. The molecule has 1 aromatic rings. The number of anilines is 1. The van der Waals surface area contributed by atoms with E-state index in [0.29, 0.717) is 30.7 Å². The third kappa shape index (κ3) is 3.94. The van der Waals surface area contributed by atoms with Gasteiger partial charge in [0.25, 0.3) is 0 Å². The summed E-state index contributed by atoms with van der Waals surface area (Å²) in [5, 5.41) is 13.1. The Labute approximate surface area is 199 Å². The van der Waals surface area contributed by atoms with Crippen molar-refractivity contribution in [1.82, 2.24) is 4.90 Å². The van der Waals surface area contributed by atoms with E-state index in [1.165, 1.54) is 4.90 Å². The number of hydrogen-bond acceptors (Lipinski definition) is 7. The van der Waals surface area contributed by atoms with Gasteiger partial charge in [-0.2, -0.15) is 0 Å². The number of ether oxygens (including phenoxy) is 3. The van der Waals surface area contributed by atoms with Crippen LogP contribution in [-0.2, 0) is 23.9 Å². The van der Waals surface area contributed by atoms with Crippen molar-refractivity contribution in [3.8, 4) is 5.75 Å². The number of methoxy groups -OCH3 is 1. The lowest BCUT2D eigenvalue weighted by Crippen LogP contribution is -2.56. The molecule has 4 rings (SSSR count). The standard InChI is InChI=1S/C25H34N2O7/c1-5-33-24(31)19-18-10-11-25(34-18)20(19)23(30)27(16(13-28)12-14(2)3)21(25)22(29)26-15-6-8-17(32-4)9-7-15/h6-9,14,16,18-21,28H,5,10-13H2,1-4H3,(H,26,29)/t16-,18-,19+,20+,21?,25?/m1/s1. The molecule has 34 heavy (non-hydrogen) atoms. The number of rotatable bonds is 9. The van der Waals surface area contributed by atoms with Gasteiger partial charge in [-0.3, -0.25) is 14.4 Å². The highest BCUT2D eigenvalue weighted by Gasteiger charge is 2.75. The zero-order valence-corrected chi connectivity index (χ0v) is 20.2. The van der Waals surface area contributed by atoms with Crippen LogP contribution >= 0.6 is 0 Å². The summed E-state index contributed by atoms with van der Waals surface area (Å²) in [6, 6.07) is 5.38. The van der Waals surface area contributed by atoms with Crippen LogP contribution in [-0.4, -0.2) is 71.9 Å². The molecule has 2 N–H and O–H groups in total. The third-order valence-electron chi connectivity index (χ3n) is 7.25. The summed E-state index contributed by atoms with van der Waals surface area (Å²) in [5.74, 6) is -1.90. The second-order valence-corrected chi connectivity index (χ2v) is 9.74. The number of fused-ring (bicyclic) bond motifs is 1. The van der Waals surface area contributed by atoms with Crippen molar-refractivity contribution in [2.75, 3.05) is 25.6 Å². The average Bonchev–Trinajstić information content (AvgIpc) is 3.45. The van der Waals surface area contributed by atoms with Crippen LogP contribution < -0.4 is 10.1 Å². The van der Waals surface area contributed by atoms with Crippen molar-refractivity contribution in [3.05, 3.63) is 24.3 Å². The molecule has 2 bridgehead atoms. The number of nitrogens with one attached hydrogen (secondary N) is 1. The van der Waals surface area contributed by atoms with Crippen LogP contribution in [0.4, 0.5) is 5.69 Å². The largest absolute Gasteiger partial charge is 0.497 e. The molecule has 0 aliphatic carbocycles. The molecule has 0 radical (unpaired) electrons. The minimum absolute atomic E-state index is 0.186. The van der Waals surface area contributed by atoms with Gasteiger partial charge in [-0.15, -0.1) is 0 Å². The van der Waals surface area contributed by atoms with Crippen molar-refractivity contribution >= 4 is 23.5 Å². The van der Waals surface area contributed by atoms with E-state index >= 15 is 0 Å². The Morgan fingerprint density at radius 1 is 1.29 bits per heavy atom. The number of carbonyl (C=O) groups excluding carboxylic acids is 3. The quantitative estimate of drug-likeness (QED) is 0.526. The first-order valence-electron chi connectivity index (χ1n) is 12.0. The Bertz CT molecular complexity index is 934. The van der Waals surface area contributed by atoms with E-state index < -0.39 is 47.5 Å². The summed E-state index contributed by atoms with van der Waals surface area (Å²) in [4.78, 5) is 41.9. The monoisotopic (exact) mass is 474 g/mol. The molecule has 9 heteroatoms. The van der Waals surface area contributed by atoms with Crippen LogP contribution in [0.1, 0.15) is 40.0 Å². The molecule has 3 aliphatic rings. The molecule has 186 valence electrons. The maximum Gasteiger partial charge on any atom is 0.312 e. The van der Waals surface area contributed by atoms with Gasteiger partial charge in [0, 0.05) is 5.69 Å². The first kappa shape index (κ1) is 24.5. The minimum Gasteiger partial charge on any atom is -0.497 e. The van der Waals surface area contributed by atoms with Crippen molar-refractivity contribution < 1.29 is 33.7 Å². The summed E-state index contributed by atoms with van der Waals surface area (Å²) in [6.07, 6.45) is 1.12. The fraction of sp³-hybridized carbons (Fsp3) is 0.640. The Balaban J connectivity index is 1.71. The van der Waals surface area contributed by atoms with E-state index in [1.54, 1.807) is 38.3 Å². The second-order valence-electron chi connectivity index (χ2n) is 9.74. The van der Waals surface area contributed by atoms with E-state index in [9.17, 15) is 19.5 Å². The molecule has 3 heterocycles. The number of carbonyl (C=O) groups is 3. The molecule has 2 unspecified atom stereocenters. The highest BCUT2D eigenvalue weighted by Crippen LogP contribution is 2.59. The van der Waals surface area contributed by atoms with Gasteiger partial charge in [-0.1, -0.05) is 13.8 Å². The van der Waals surface area contributed by atoms with Crippen LogP contribution in [0.3, 0.4) is 0 Å². The Morgan fingerprint density at radius 2 is 2.00 bits per heavy atom. The molecule has 0 saturated carbocycles. The van der Waals surface area contributed by atoms with Crippen LogP contribution in [0.5, 0.6) is 5.75 Å². The van der Waals surface area contributed by atoms with E-state index in [4.69, 9.17) is 14.2 Å². The van der Waals surface area contributed by atoms with E-state index in [2.05, 4.69) is 5.32 Å². The van der Waals surface area contributed by atoms with Gasteiger partial charge in [-0.25, -0.2) is 0 Å². The third-order valence-corrected chi connectivity index (χ3v) is 7.25. The van der Waals surface area contributed by atoms with Crippen LogP contribution in [0.25, 0.3) is 0 Å². The second kappa shape index (κ2) is 9.54. The molecule has 3 fully saturated rings. The number of nitrogens with zero attached hydrogens (tertiary/aromatic N) is 1. The van der Waals surface area contributed by atoms with Crippen LogP contribution in [0, 0.1) is 17.8 Å². The van der Waals surface area contributed by atoms with Gasteiger partial charge in [0.2, 0.25) is 11.8 Å². The molecule has 2 amide bonds. The molecular formula is C25H34N2O7. The van der Waals surface area contributed by atoms with Gasteiger partial charge < -0.3 is 29.5 Å². The first-order chi connectivity index (χ1) is 16.3. The highest BCUT2D eigenvalue weighted by atomic mass is 16.6.